The molecule has 0 amide bonds. The van der Waals surface area contributed by atoms with Crippen LogP contribution in [0.3, 0.4) is 0 Å². The molecule has 0 unspecified atom stereocenters. The van der Waals surface area contributed by atoms with E-state index in [2.05, 4.69) is 0 Å². The van der Waals surface area contributed by atoms with Crippen LogP contribution in [-0.4, -0.2) is 29.0 Å². The molecule has 1 aromatic rings. The van der Waals surface area contributed by atoms with E-state index in [0.717, 1.165) is 0 Å². The molecule has 0 saturated carbocycles. The van der Waals surface area contributed by atoms with Crippen LogP contribution in [0.15, 0.2) is 29.2 Å². The molecule has 2 rings (SSSR count). The summed E-state index contributed by atoms with van der Waals surface area (Å²) in [6, 6.07) is 4.49. The first-order valence-corrected chi connectivity index (χ1v) is 6.09. The topological polar surface area (TPSA) is 80.4 Å². The fourth-order valence-electron chi connectivity index (χ4n) is 1.65. The summed E-state index contributed by atoms with van der Waals surface area (Å²) in [5.41, 5.74) is 5.71. The van der Waals surface area contributed by atoms with Crippen molar-refractivity contribution in [2.24, 2.45) is 5.73 Å². The van der Waals surface area contributed by atoms with Crippen LogP contribution in [0.25, 0.3) is 0 Å². The van der Waals surface area contributed by atoms with Crippen LogP contribution in [0, 0.1) is 0 Å². The van der Waals surface area contributed by atoms with Gasteiger partial charge in [0.15, 0.2) is 5.78 Å². The number of nitrogens with two attached hydrogens (primary N) is 1. The van der Waals surface area contributed by atoms with Crippen LogP contribution in [0.4, 0.5) is 0 Å². The smallest absolute Gasteiger partial charge is 0.203 e. The summed E-state index contributed by atoms with van der Waals surface area (Å²) in [5.74, 6) is -0.153. The van der Waals surface area contributed by atoms with Crippen LogP contribution >= 0.6 is 11.8 Å². The number of hydrogen-bond acceptors (Lipinski definition) is 5. The van der Waals surface area contributed by atoms with Gasteiger partial charge in [-0.25, -0.2) is 0 Å². The number of phenolic OH excluding ortho intramolecular Hbond substituents is 1. The van der Waals surface area contributed by atoms with Gasteiger partial charge in [-0.1, -0.05) is 12.1 Å². The number of hydrogen-bond donors (Lipinski definition) is 2. The summed E-state index contributed by atoms with van der Waals surface area (Å²) in [5, 5.41) is 9.65. The molecule has 0 aromatic heterocycles. The predicted molar refractivity (Wildman–Crippen MR) is 66.4 cm³/mol. The number of aromatic hydroxyl groups is 1. The van der Waals surface area contributed by atoms with Crippen LogP contribution in [0.5, 0.6) is 5.75 Å². The Kier molecular flexibility index (Phi) is 3.31. The van der Waals surface area contributed by atoms with Crippen molar-refractivity contribution >= 4 is 23.3 Å². The molecule has 0 saturated heterocycles. The number of carbonyl (C=O) groups is 2. The van der Waals surface area contributed by atoms with E-state index in [-0.39, 0.29) is 28.4 Å². The summed E-state index contributed by atoms with van der Waals surface area (Å²) < 4.78 is 0. The summed E-state index contributed by atoms with van der Waals surface area (Å²) in [4.78, 5) is 24.2. The van der Waals surface area contributed by atoms with E-state index in [1.54, 1.807) is 6.07 Å². The third-order valence-corrected chi connectivity index (χ3v) is 3.45. The molecule has 0 aliphatic heterocycles. The minimum Gasteiger partial charge on any atom is -0.507 e. The van der Waals surface area contributed by atoms with Gasteiger partial charge >= 0.3 is 0 Å². The number of rotatable bonds is 3. The fourth-order valence-corrected chi connectivity index (χ4v) is 2.41. The quantitative estimate of drug-likeness (QED) is 0.845. The lowest BCUT2D eigenvalue weighted by atomic mass is 9.94. The number of Topliss-reactive ketones (excluding diaryl/α,β-unsaturated/α-hetero) is 1. The number of benzene rings is 1. The second-order valence-corrected chi connectivity index (χ2v) is 4.68. The second kappa shape index (κ2) is 4.73. The van der Waals surface area contributed by atoms with Gasteiger partial charge in [-0.05, 0) is 6.07 Å². The molecule has 1 aromatic carbocycles. The molecular weight excluding hydrogens is 238 g/mol. The molecule has 5 heteroatoms. The van der Waals surface area contributed by atoms with E-state index in [9.17, 15) is 14.7 Å². The van der Waals surface area contributed by atoms with Crippen molar-refractivity contribution in [3.05, 3.63) is 40.3 Å². The van der Waals surface area contributed by atoms with Crippen molar-refractivity contribution in [2.45, 2.75) is 0 Å². The average Bonchev–Trinajstić information content (AvgIpc) is 2.32. The lowest BCUT2D eigenvalue weighted by Crippen LogP contribution is -2.16. The largest absolute Gasteiger partial charge is 0.507 e. The van der Waals surface area contributed by atoms with Gasteiger partial charge in [-0.2, -0.15) is 0 Å². The maximum absolute atomic E-state index is 12.0. The molecule has 3 N–H and O–H groups in total. The molecule has 1 aliphatic carbocycles. The Morgan fingerprint density at radius 2 is 2.06 bits per heavy atom. The first-order chi connectivity index (χ1) is 8.15. The fraction of sp³-hybridized carbons (Fsp3) is 0.167. The number of allylic oxidation sites excluding steroid dienone is 2. The molecule has 88 valence electrons. The highest BCUT2D eigenvalue weighted by molar-refractivity contribution is 8.04. The van der Waals surface area contributed by atoms with Gasteiger partial charge < -0.3 is 10.8 Å². The van der Waals surface area contributed by atoms with Gasteiger partial charge in [0.1, 0.15) is 5.75 Å². The Labute approximate surface area is 103 Å². The SMILES string of the molecule is NCCSC1=CC(=O)c2cccc(O)c2C1=O. The van der Waals surface area contributed by atoms with E-state index in [4.69, 9.17) is 5.73 Å². The molecular formula is C12H11NO3S. The molecule has 17 heavy (non-hydrogen) atoms. The van der Waals surface area contributed by atoms with E-state index < -0.39 is 0 Å². The first-order valence-electron chi connectivity index (χ1n) is 5.10. The maximum atomic E-state index is 12.0. The van der Waals surface area contributed by atoms with E-state index in [0.29, 0.717) is 17.2 Å². The van der Waals surface area contributed by atoms with E-state index >= 15 is 0 Å². The second-order valence-electron chi connectivity index (χ2n) is 3.54. The van der Waals surface area contributed by atoms with Crippen LogP contribution in [0.2, 0.25) is 0 Å². The molecule has 0 heterocycles. The first kappa shape index (κ1) is 11.9. The number of ketones is 2. The zero-order valence-electron chi connectivity index (χ0n) is 8.97. The molecule has 0 bridgehead atoms. The summed E-state index contributed by atoms with van der Waals surface area (Å²) in [6.45, 7) is 0.428. The van der Waals surface area contributed by atoms with Crippen LogP contribution < -0.4 is 5.73 Å². The third-order valence-electron chi connectivity index (χ3n) is 2.40. The highest BCUT2D eigenvalue weighted by atomic mass is 32.2. The Hall–Kier alpha value is -1.59. The summed E-state index contributed by atoms with van der Waals surface area (Å²) in [6.07, 6.45) is 1.31. The van der Waals surface area contributed by atoms with Crippen LogP contribution in [0.1, 0.15) is 20.7 Å². The lowest BCUT2D eigenvalue weighted by Gasteiger charge is -2.15. The standard InChI is InChI=1S/C12H11NO3S/c13-4-5-17-10-6-9(15)7-2-1-3-8(14)11(7)12(10)16/h1-3,6,14H,4-5,13H2. The van der Waals surface area contributed by atoms with Gasteiger partial charge in [0, 0.05) is 23.9 Å². The molecule has 1 aliphatic rings. The minimum atomic E-state index is -0.309. The van der Waals surface area contributed by atoms with Crippen molar-refractivity contribution in [3.8, 4) is 5.75 Å². The van der Waals surface area contributed by atoms with Crippen LogP contribution in [-0.2, 0) is 0 Å². The number of fused-ring (bicyclic) bond motifs is 1. The van der Waals surface area contributed by atoms with Crippen molar-refractivity contribution in [3.63, 3.8) is 0 Å². The van der Waals surface area contributed by atoms with Crippen molar-refractivity contribution in [1.29, 1.82) is 0 Å². The normalized spacial score (nSPS) is 14.5. The summed E-state index contributed by atoms with van der Waals surface area (Å²) in [7, 11) is 0. The molecule has 0 fully saturated rings. The van der Waals surface area contributed by atoms with Gasteiger partial charge in [-0.15, -0.1) is 11.8 Å². The average molecular weight is 249 g/mol. The third kappa shape index (κ3) is 2.11. The zero-order chi connectivity index (χ0) is 12.4. The van der Waals surface area contributed by atoms with E-state index in [1.807, 2.05) is 0 Å². The Morgan fingerprint density at radius 3 is 2.76 bits per heavy atom. The van der Waals surface area contributed by atoms with Gasteiger partial charge in [0.2, 0.25) is 5.78 Å². The molecule has 0 atom stereocenters. The minimum absolute atomic E-state index is 0.0968. The highest BCUT2D eigenvalue weighted by Gasteiger charge is 2.28. The highest BCUT2D eigenvalue weighted by Crippen LogP contribution is 2.32. The predicted octanol–water partition coefficient (Wildman–Crippen LogP) is 1.35. The summed E-state index contributed by atoms with van der Waals surface area (Å²) >= 11 is 1.24. The van der Waals surface area contributed by atoms with E-state index in [1.165, 1.54) is 30.0 Å². The monoisotopic (exact) mass is 249 g/mol. The van der Waals surface area contributed by atoms with Gasteiger partial charge in [-0.3, -0.25) is 9.59 Å². The van der Waals surface area contributed by atoms with Crippen molar-refractivity contribution < 1.29 is 14.7 Å². The Morgan fingerprint density at radius 1 is 1.29 bits per heavy atom. The number of carbonyl (C=O) groups excluding carboxylic acids is 2. The Bertz CT molecular complexity index is 522. The lowest BCUT2D eigenvalue weighted by molar-refractivity contribution is 0.0989. The number of thioether (sulfide) groups is 1. The molecule has 4 nitrogen and oxygen atoms in total. The molecule has 0 spiro atoms. The maximum Gasteiger partial charge on any atom is 0.203 e. The number of phenols is 1. The van der Waals surface area contributed by atoms with Crippen molar-refractivity contribution in [1.82, 2.24) is 0 Å². The van der Waals surface area contributed by atoms with Crippen molar-refractivity contribution in [2.75, 3.05) is 12.3 Å². The van der Waals surface area contributed by atoms with Gasteiger partial charge in [0.25, 0.3) is 0 Å². The zero-order valence-corrected chi connectivity index (χ0v) is 9.79. The Balaban J connectivity index is 2.44. The van der Waals surface area contributed by atoms with Gasteiger partial charge in [0.05, 0.1) is 10.5 Å². The molecule has 0 radical (unpaired) electrons.